The van der Waals surface area contributed by atoms with Crippen molar-refractivity contribution in [2.75, 3.05) is 20.1 Å². The molecule has 2 fully saturated rings. The van der Waals surface area contributed by atoms with Crippen LogP contribution in [0.25, 0.3) is 0 Å². The van der Waals surface area contributed by atoms with Gasteiger partial charge in [0.05, 0.1) is 6.10 Å². The molecule has 1 N–H and O–H groups in total. The normalized spacial score (nSPS) is 34.2. The zero-order valence-electron chi connectivity index (χ0n) is 8.58. The van der Waals surface area contributed by atoms with Crippen molar-refractivity contribution in [3.8, 4) is 0 Å². The van der Waals surface area contributed by atoms with Gasteiger partial charge in [-0.2, -0.15) is 0 Å². The van der Waals surface area contributed by atoms with Gasteiger partial charge in [-0.1, -0.05) is 0 Å². The summed E-state index contributed by atoms with van der Waals surface area (Å²) in [7, 11) is 2.19. The second-order valence-electron chi connectivity index (χ2n) is 4.82. The van der Waals surface area contributed by atoms with E-state index >= 15 is 0 Å². The Morgan fingerprint density at radius 3 is 2.46 bits per heavy atom. The summed E-state index contributed by atoms with van der Waals surface area (Å²) in [5.41, 5.74) is 0. The molecule has 0 radical (unpaired) electrons. The summed E-state index contributed by atoms with van der Waals surface area (Å²) in [5.74, 6) is 1.26. The average Bonchev–Trinajstić information content (AvgIpc) is 2.89. The molecule has 1 heterocycles. The molecule has 0 aromatic heterocycles. The van der Waals surface area contributed by atoms with Crippen LogP contribution in [0.3, 0.4) is 0 Å². The van der Waals surface area contributed by atoms with Crippen LogP contribution in [0.4, 0.5) is 0 Å². The third-order valence-corrected chi connectivity index (χ3v) is 3.58. The Labute approximate surface area is 80.9 Å². The van der Waals surface area contributed by atoms with Crippen LogP contribution in [-0.4, -0.2) is 36.2 Å². The van der Waals surface area contributed by atoms with Crippen LogP contribution < -0.4 is 0 Å². The molecule has 0 spiro atoms. The summed E-state index contributed by atoms with van der Waals surface area (Å²) in [6, 6.07) is 0. The standard InChI is InChI=1S/C11H21NO/c1-12-7-2-3-9(6-8-12)11(13)10-4-5-10/h9-11,13H,2-8H2,1H3. The second kappa shape index (κ2) is 3.97. The van der Waals surface area contributed by atoms with Crippen molar-refractivity contribution < 1.29 is 5.11 Å². The minimum atomic E-state index is 0.0199. The molecule has 2 rings (SSSR count). The molecule has 1 saturated heterocycles. The summed E-state index contributed by atoms with van der Waals surface area (Å²) < 4.78 is 0. The van der Waals surface area contributed by atoms with E-state index in [9.17, 15) is 5.11 Å². The fourth-order valence-corrected chi connectivity index (χ4v) is 2.43. The largest absolute Gasteiger partial charge is 0.393 e. The smallest absolute Gasteiger partial charge is 0.0597 e. The first kappa shape index (κ1) is 9.47. The first-order valence-corrected chi connectivity index (χ1v) is 5.64. The molecule has 1 saturated carbocycles. The first-order valence-electron chi connectivity index (χ1n) is 5.64. The van der Waals surface area contributed by atoms with Crippen LogP contribution in [0, 0.1) is 11.8 Å². The lowest BCUT2D eigenvalue weighted by molar-refractivity contribution is 0.0786. The molecule has 2 nitrogen and oxygen atoms in total. The highest BCUT2D eigenvalue weighted by Gasteiger charge is 2.35. The van der Waals surface area contributed by atoms with Gasteiger partial charge in [0.2, 0.25) is 0 Å². The molecule has 1 aliphatic carbocycles. The van der Waals surface area contributed by atoms with Gasteiger partial charge in [0.1, 0.15) is 0 Å². The molecule has 0 aromatic rings. The van der Waals surface area contributed by atoms with E-state index in [1.807, 2.05) is 0 Å². The molecule has 1 aliphatic heterocycles. The molecular formula is C11H21NO. The van der Waals surface area contributed by atoms with Gasteiger partial charge in [-0.25, -0.2) is 0 Å². The van der Waals surface area contributed by atoms with Crippen LogP contribution in [0.15, 0.2) is 0 Å². The molecule has 2 unspecified atom stereocenters. The Morgan fingerprint density at radius 1 is 1.08 bits per heavy atom. The topological polar surface area (TPSA) is 23.5 Å². The second-order valence-corrected chi connectivity index (χ2v) is 4.82. The SMILES string of the molecule is CN1CCCC(C(O)C2CC2)CC1. The minimum absolute atomic E-state index is 0.0199. The Balaban J connectivity index is 1.83. The quantitative estimate of drug-likeness (QED) is 0.701. The van der Waals surface area contributed by atoms with Gasteiger partial charge in [-0.3, -0.25) is 0 Å². The average molecular weight is 183 g/mol. The van der Waals surface area contributed by atoms with Gasteiger partial charge >= 0.3 is 0 Å². The van der Waals surface area contributed by atoms with E-state index in [-0.39, 0.29) is 6.10 Å². The van der Waals surface area contributed by atoms with Crippen LogP contribution in [0.2, 0.25) is 0 Å². The summed E-state index contributed by atoms with van der Waals surface area (Å²) in [4.78, 5) is 2.39. The van der Waals surface area contributed by atoms with Crippen LogP contribution in [-0.2, 0) is 0 Å². The molecular weight excluding hydrogens is 162 g/mol. The zero-order chi connectivity index (χ0) is 9.26. The van der Waals surface area contributed by atoms with Gasteiger partial charge < -0.3 is 10.0 Å². The fraction of sp³-hybridized carbons (Fsp3) is 1.00. The molecule has 0 bridgehead atoms. The van der Waals surface area contributed by atoms with Crippen molar-refractivity contribution >= 4 is 0 Å². The lowest BCUT2D eigenvalue weighted by atomic mass is 9.91. The molecule has 0 aromatic carbocycles. The summed E-state index contributed by atoms with van der Waals surface area (Å²) in [6.45, 7) is 2.39. The van der Waals surface area contributed by atoms with E-state index in [2.05, 4.69) is 11.9 Å². The maximum absolute atomic E-state index is 10.0. The molecule has 2 atom stereocenters. The number of likely N-dealkylation sites (tertiary alicyclic amines) is 1. The number of nitrogens with zero attached hydrogens (tertiary/aromatic N) is 1. The molecule has 2 aliphatic rings. The number of aliphatic hydroxyl groups excluding tert-OH is 1. The zero-order valence-corrected chi connectivity index (χ0v) is 8.58. The van der Waals surface area contributed by atoms with Crippen molar-refractivity contribution in [3.63, 3.8) is 0 Å². The highest BCUT2D eigenvalue weighted by Crippen LogP contribution is 2.38. The molecule has 0 amide bonds. The van der Waals surface area contributed by atoms with E-state index in [1.54, 1.807) is 0 Å². The van der Waals surface area contributed by atoms with Crippen molar-refractivity contribution in [1.82, 2.24) is 4.90 Å². The molecule has 76 valence electrons. The lowest BCUT2D eigenvalue weighted by Gasteiger charge is -2.20. The van der Waals surface area contributed by atoms with E-state index in [0.29, 0.717) is 11.8 Å². The Bertz CT molecular complexity index is 167. The maximum atomic E-state index is 10.0. The van der Waals surface area contributed by atoms with Gasteiger partial charge in [0.25, 0.3) is 0 Å². The van der Waals surface area contributed by atoms with Gasteiger partial charge in [0.15, 0.2) is 0 Å². The summed E-state index contributed by atoms with van der Waals surface area (Å²) in [5, 5.41) is 10.0. The fourth-order valence-electron chi connectivity index (χ4n) is 2.43. The van der Waals surface area contributed by atoms with E-state index in [1.165, 1.54) is 45.2 Å². The highest BCUT2D eigenvalue weighted by molar-refractivity contribution is 4.86. The van der Waals surface area contributed by atoms with Gasteiger partial charge in [0, 0.05) is 0 Å². The first-order chi connectivity index (χ1) is 6.27. The van der Waals surface area contributed by atoms with E-state index in [0.717, 1.165) is 0 Å². The predicted molar refractivity (Wildman–Crippen MR) is 53.6 cm³/mol. The molecule has 2 heteroatoms. The lowest BCUT2D eigenvalue weighted by Crippen LogP contribution is -2.24. The summed E-state index contributed by atoms with van der Waals surface area (Å²) in [6.07, 6.45) is 6.27. The van der Waals surface area contributed by atoms with Gasteiger partial charge in [-0.05, 0) is 64.1 Å². The third-order valence-electron chi connectivity index (χ3n) is 3.58. The van der Waals surface area contributed by atoms with Crippen molar-refractivity contribution in [2.24, 2.45) is 11.8 Å². The predicted octanol–water partition coefficient (Wildman–Crippen LogP) is 1.49. The highest BCUT2D eigenvalue weighted by atomic mass is 16.3. The van der Waals surface area contributed by atoms with Crippen molar-refractivity contribution in [1.29, 1.82) is 0 Å². The number of aliphatic hydroxyl groups is 1. The van der Waals surface area contributed by atoms with Crippen LogP contribution >= 0.6 is 0 Å². The Hall–Kier alpha value is -0.0800. The number of hydrogen-bond donors (Lipinski definition) is 1. The summed E-state index contributed by atoms with van der Waals surface area (Å²) >= 11 is 0. The Morgan fingerprint density at radius 2 is 1.77 bits per heavy atom. The van der Waals surface area contributed by atoms with Crippen molar-refractivity contribution in [3.05, 3.63) is 0 Å². The minimum Gasteiger partial charge on any atom is -0.393 e. The number of hydrogen-bond acceptors (Lipinski definition) is 2. The maximum Gasteiger partial charge on any atom is 0.0597 e. The van der Waals surface area contributed by atoms with Crippen molar-refractivity contribution in [2.45, 2.75) is 38.2 Å². The van der Waals surface area contributed by atoms with Gasteiger partial charge in [-0.15, -0.1) is 0 Å². The Kier molecular flexibility index (Phi) is 2.89. The van der Waals surface area contributed by atoms with E-state index < -0.39 is 0 Å². The monoisotopic (exact) mass is 183 g/mol. The van der Waals surface area contributed by atoms with E-state index in [4.69, 9.17) is 0 Å². The van der Waals surface area contributed by atoms with Crippen LogP contribution in [0.5, 0.6) is 0 Å². The third kappa shape index (κ3) is 2.44. The number of rotatable bonds is 2. The molecule has 13 heavy (non-hydrogen) atoms. The van der Waals surface area contributed by atoms with Crippen LogP contribution in [0.1, 0.15) is 32.1 Å².